The van der Waals surface area contributed by atoms with Gasteiger partial charge in [-0.05, 0) is 205 Å². The number of hydrogen-bond acceptors (Lipinski definition) is 30. The zero-order valence-electron chi connectivity index (χ0n) is 72.3. The highest BCUT2D eigenvalue weighted by atomic mass is 32.3. The maximum atomic E-state index is 15.0. The van der Waals surface area contributed by atoms with Crippen LogP contribution in [0.2, 0.25) is 0 Å². The Labute approximate surface area is 824 Å². The van der Waals surface area contributed by atoms with Crippen molar-refractivity contribution in [2.24, 2.45) is 0 Å². The number of carbonyl (C=O) groups is 6. The first-order chi connectivity index (χ1) is 67.2. The summed E-state index contributed by atoms with van der Waals surface area (Å²) in [7, 11) is -69.7. The molecule has 0 saturated heterocycles. The molecule has 0 aromatic heterocycles. The molecule has 762 valence electrons. The third kappa shape index (κ3) is 22.6. The fourth-order valence-electron chi connectivity index (χ4n) is 15.5. The number of benzene rings is 14. The predicted molar refractivity (Wildman–Crippen MR) is 516 cm³/mol. The Morgan fingerprint density at radius 3 is 0.911 bits per heavy atom. The van der Waals surface area contributed by atoms with Crippen molar-refractivity contribution in [3.8, 4) is 33.4 Å². The molecule has 0 saturated carbocycles. The second-order valence-corrected chi connectivity index (χ2v) is 47.9. The Morgan fingerprint density at radius 2 is 0.527 bits per heavy atom. The van der Waals surface area contributed by atoms with E-state index in [1.807, 2.05) is 0 Å². The summed E-state index contributed by atoms with van der Waals surface area (Å²) in [5, 5.41) is 9.95. The van der Waals surface area contributed by atoms with E-state index in [1.54, 1.807) is 0 Å². The van der Waals surface area contributed by atoms with Crippen LogP contribution in [0.3, 0.4) is 0 Å². The van der Waals surface area contributed by atoms with Crippen LogP contribution in [0.4, 0.5) is 55.1 Å². The van der Waals surface area contributed by atoms with Gasteiger partial charge in [-0.25, -0.2) is 9.59 Å². The lowest BCUT2D eigenvalue weighted by Crippen LogP contribution is -2.21. The molecule has 20 N–H and O–H groups in total. The average molecular weight is 2240 g/mol. The number of urea groups is 2. The molecule has 0 aliphatic rings. The van der Waals surface area contributed by atoms with Gasteiger partial charge in [0.25, 0.3) is 145 Å². The lowest BCUT2D eigenvalue weighted by Gasteiger charge is -2.24. The zero-order valence-corrected chi connectivity index (χ0v) is 82.1. The van der Waals surface area contributed by atoms with Crippen LogP contribution in [0.15, 0.2) is 277 Å². The van der Waals surface area contributed by atoms with Gasteiger partial charge in [0.15, 0.2) is 0 Å². The third-order valence-electron chi connectivity index (χ3n) is 21.6. The van der Waals surface area contributed by atoms with Crippen LogP contribution in [-0.4, -0.2) is 191 Å². The molecule has 0 unspecified atom stereocenters. The fourth-order valence-corrected chi connectivity index (χ4v) is 24.0. The van der Waals surface area contributed by atoms with Gasteiger partial charge in [0.05, 0.1) is 31.7 Å². The van der Waals surface area contributed by atoms with E-state index in [0.717, 1.165) is 66.7 Å². The topological polar surface area (TPSA) is 851 Å². The molecule has 0 bridgehead atoms. The molecule has 146 heavy (non-hydrogen) atoms. The Balaban J connectivity index is 0.796. The molecule has 14 rings (SSSR count). The van der Waals surface area contributed by atoms with Gasteiger partial charge < -0.3 is 42.5 Å². The van der Waals surface area contributed by atoms with Crippen LogP contribution < -0.4 is 42.5 Å². The van der Waals surface area contributed by atoms with Gasteiger partial charge in [0, 0.05) is 105 Å². The Bertz CT molecular complexity index is 9790. The molecular formula is C84H62N8O42S12. The van der Waals surface area contributed by atoms with E-state index < -0.39 is 315 Å². The Hall–Kier alpha value is -14.5. The van der Waals surface area contributed by atoms with Crippen molar-refractivity contribution in [3.05, 3.63) is 252 Å². The number of carbonyl (C=O) groups excluding carboxylic acids is 6. The van der Waals surface area contributed by atoms with Crippen molar-refractivity contribution in [3.63, 3.8) is 0 Å². The van der Waals surface area contributed by atoms with Crippen LogP contribution >= 0.6 is 0 Å². The Kier molecular flexibility index (Phi) is 28.0. The van der Waals surface area contributed by atoms with Crippen LogP contribution in [0.25, 0.3) is 76.5 Å². The molecule has 0 aliphatic heterocycles. The van der Waals surface area contributed by atoms with Crippen LogP contribution in [0.5, 0.6) is 0 Å². The smallest absolute Gasteiger partial charge is 0.322 e. The van der Waals surface area contributed by atoms with Crippen molar-refractivity contribution in [1.29, 1.82) is 0 Å². The number of anilines is 8. The summed E-state index contributed by atoms with van der Waals surface area (Å²) in [4.78, 5) is 67.6. The number of rotatable bonds is 27. The minimum absolute atomic E-state index is 0.0123. The molecule has 8 amide bonds. The lowest BCUT2D eigenvalue weighted by atomic mass is 9.89. The van der Waals surface area contributed by atoms with Gasteiger partial charge >= 0.3 is 12.1 Å². The summed E-state index contributed by atoms with van der Waals surface area (Å²) in [6, 6.07) is 26.8. The van der Waals surface area contributed by atoms with E-state index in [0.29, 0.717) is 66.2 Å². The molecule has 0 heterocycles. The second kappa shape index (κ2) is 38.1. The van der Waals surface area contributed by atoms with Crippen LogP contribution in [-0.2, 0) is 121 Å². The second-order valence-electron chi connectivity index (χ2n) is 31.2. The van der Waals surface area contributed by atoms with Crippen molar-refractivity contribution >= 4 is 246 Å². The van der Waals surface area contributed by atoms with E-state index in [-0.39, 0.29) is 80.9 Å². The maximum absolute atomic E-state index is 15.0. The van der Waals surface area contributed by atoms with Crippen molar-refractivity contribution in [2.45, 2.75) is 72.6 Å². The molecule has 14 aromatic carbocycles. The molecule has 0 radical (unpaired) electrons. The summed E-state index contributed by atoms with van der Waals surface area (Å²) < 4.78 is 443. The predicted octanol–water partition coefficient (Wildman–Crippen LogP) is 11.2. The fraction of sp³-hybridized carbons (Fsp3) is 0.0238. The van der Waals surface area contributed by atoms with Crippen molar-refractivity contribution < 1.29 is 184 Å². The summed E-state index contributed by atoms with van der Waals surface area (Å²) in [6.45, 7) is 2.89. The zero-order chi connectivity index (χ0) is 108. The highest BCUT2D eigenvalue weighted by Gasteiger charge is 2.39. The molecular weight excluding hydrogens is 2180 g/mol. The first-order valence-corrected chi connectivity index (χ1v) is 56.8. The summed E-state index contributed by atoms with van der Waals surface area (Å²) >= 11 is 0. The highest BCUT2D eigenvalue weighted by molar-refractivity contribution is 7.89. The molecule has 62 heteroatoms. The van der Waals surface area contributed by atoms with Gasteiger partial charge in [-0.15, -0.1) is 0 Å². The molecule has 0 atom stereocenters. The van der Waals surface area contributed by atoms with E-state index in [9.17, 15) is 184 Å². The number of aryl methyl sites for hydroxylation is 2. The van der Waals surface area contributed by atoms with Gasteiger partial charge in [0.2, 0.25) is 0 Å². The van der Waals surface area contributed by atoms with Gasteiger partial charge in [-0.3, -0.25) is 73.8 Å². The standard InChI is InChI=1S/C84H62N8O42S12/c1-39-15-17-44(81(95)88-60-21-25-66(140(114,115)116)57-34-51(137(105,106)107)37-70(74(57)60)144(126,127)128)30-62(39)90-79(93)42-8-4-11-47(28-42)85-83(97)86-48-12-5-9-43(29-48)80(94)91-63-31-45(18-16-40(63)2)82(96)89-61-22-26-67(141(117,118)119)58-38-71(145(129,130)131)77(78(76(58)61)146(132,133)134)75-53(54-20-24-65(139(111,112)113)56-33-50(136(102,103)104)36-69(73(54)56)143(123,124)125)13-6-14-59(75)92-84(98)87-46-10-3-7-41(27-46)52-19-23-64(138(108,109)110)55-32-49(135(99,100)101)35-68(72(52)55)142(120,121)122/h3-38H,1-2H3,(H,88,95)(H,89,96)(H,90,93)(H,91,94)(H2,85,86,97)(H2,87,92,98)(H,99,100,101)(H,102,103,104)(H,105,106,107)(H,108,109,110)(H,111,112,113)(H,114,115,116)(H,117,118,119)(H,120,121,122)(H,123,124,125)(H,126,127,128)(H,129,130,131)(H,132,133,134). The average Bonchev–Trinajstić information content (AvgIpc) is 0.706. The molecule has 0 aliphatic carbocycles. The van der Waals surface area contributed by atoms with Gasteiger partial charge in [0.1, 0.15) is 44.1 Å². The summed E-state index contributed by atoms with van der Waals surface area (Å²) in [5.74, 6) is -4.38. The molecule has 50 nitrogen and oxygen atoms in total. The number of hydrogen-bond donors (Lipinski definition) is 20. The largest absolute Gasteiger partial charge is 0.323 e. The highest BCUT2D eigenvalue weighted by Crippen LogP contribution is 2.52. The number of nitrogens with one attached hydrogen (secondary N) is 8. The van der Waals surface area contributed by atoms with Crippen LogP contribution in [0.1, 0.15) is 52.6 Å². The molecule has 0 fully saturated rings. The quantitative estimate of drug-likeness (QED) is 0.0213. The number of amides is 8. The van der Waals surface area contributed by atoms with E-state index >= 15 is 0 Å². The first kappa shape index (κ1) is 107. The molecule has 0 spiro atoms. The maximum Gasteiger partial charge on any atom is 0.323 e. The normalized spacial score (nSPS) is 12.7. The monoisotopic (exact) mass is 2240 g/mol. The summed E-state index contributed by atoms with van der Waals surface area (Å²) in [6.07, 6.45) is 0. The van der Waals surface area contributed by atoms with E-state index in [1.165, 1.54) is 74.5 Å². The van der Waals surface area contributed by atoms with Crippen LogP contribution in [0, 0.1) is 13.8 Å². The molecule has 14 aromatic rings. The minimum Gasteiger partial charge on any atom is -0.322 e. The third-order valence-corrected chi connectivity index (χ3v) is 32.2. The minimum atomic E-state index is -6.64. The summed E-state index contributed by atoms with van der Waals surface area (Å²) in [5.41, 5.74) is -10.5. The first-order valence-electron chi connectivity index (χ1n) is 39.5. The SMILES string of the molecule is Cc1ccc(C(=O)Nc2ccc(S(=O)(=O)O)c3cc(S(=O)(=O)O)cc(S(=O)(=O)O)c23)cc1NC(=O)c1cccc(NC(=O)Nc2cccc(C(=O)Nc3cc(C(=O)Nc4ccc(S(=O)(=O)O)c5cc(S(=O)(=O)O)c(-c6c(NC(=O)Nc7cccc(-c8ccc(S(=O)(=O)O)c9cc(S(=O)(=O)O)cc(S(=O)(=O)O)c89)c7)cccc6-c6ccc(S(=O)(=O)O)c7cc(S(=O)(=O)O)cc(S(=O)(=O)O)c67)c(S(=O)(=O)O)c45)ccc3C)c2)c1. The number of fused-ring (bicyclic) bond motifs is 4. The van der Waals surface area contributed by atoms with E-state index in [4.69, 9.17) is 0 Å². The van der Waals surface area contributed by atoms with Crippen molar-refractivity contribution in [2.75, 3.05) is 42.5 Å². The van der Waals surface area contributed by atoms with Crippen molar-refractivity contribution in [1.82, 2.24) is 0 Å². The van der Waals surface area contributed by atoms with E-state index in [2.05, 4.69) is 42.5 Å². The van der Waals surface area contributed by atoms with Gasteiger partial charge in [-0.1, -0.05) is 60.7 Å². The lowest BCUT2D eigenvalue weighted by molar-refractivity contribution is 0.101. The van der Waals surface area contributed by atoms with Gasteiger partial charge in [-0.2, -0.15) is 101 Å². The Morgan fingerprint density at radius 1 is 0.212 bits per heavy atom.